The van der Waals surface area contributed by atoms with Gasteiger partial charge in [-0.1, -0.05) is 39.7 Å². The molecule has 2 fully saturated rings. The summed E-state index contributed by atoms with van der Waals surface area (Å²) < 4.78 is 1.06. The van der Waals surface area contributed by atoms with Crippen LogP contribution < -0.4 is 9.80 Å². The molecule has 1 aromatic heterocycles. The van der Waals surface area contributed by atoms with Gasteiger partial charge in [-0.15, -0.1) is 0 Å². The van der Waals surface area contributed by atoms with Crippen LogP contribution in [0.25, 0.3) is 10.9 Å². The van der Waals surface area contributed by atoms with Crippen molar-refractivity contribution in [3.63, 3.8) is 0 Å². The van der Waals surface area contributed by atoms with Gasteiger partial charge >= 0.3 is 0 Å². The third-order valence-corrected chi connectivity index (χ3v) is 6.18. The molecule has 6 heteroatoms. The molecular weight excluding hydrogens is 424 g/mol. The zero-order valence-corrected chi connectivity index (χ0v) is 17.2. The molecule has 138 valence electrons. The van der Waals surface area contributed by atoms with Gasteiger partial charge in [-0.25, -0.2) is 9.97 Å². The van der Waals surface area contributed by atoms with Crippen molar-refractivity contribution in [2.75, 3.05) is 36.0 Å². The van der Waals surface area contributed by atoms with E-state index in [0.717, 1.165) is 63.9 Å². The summed E-state index contributed by atoms with van der Waals surface area (Å²) in [5.74, 6) is 2.62. The number of fused-ring (bicyclic) bond motifs is 1. The number of benzene rings is 2. The maximum absolute atomic E-state index is 6.39. The number of hydrogen-bond donors (Lipinski definition) is 0. The molecule has 0 bridgehead atoms. The predicted molar refractivity (Wildman–Crippen MR) is 115 cm³/mol. The molecule has 1 aliphatic heterocycles. The fraction of sp³-hybridized carbons (Fsp3) is 0.333. The molecule has 1 saturated carbocycles. The van der Waals surface area contributed by atoms with Crippen LogP contribution in [-0.2, 0) is 0 Å². The third-order valence-electron chi connectivity index (χ3n) is 5.37. The molecule has 3 aromatic rings. The van der Waals surface area contributed by atoms with Gasteiger partial charge in [0.05, 0.1) is 16.2 Å². The van der Waals surface area contributed by atoms with Crippen molar-refractivity contribution in [2.45, 2.75) is 18.8 Å². The van der Waals surface area contributed by atoms with Gasteiger partial charge in [-0.2, -0.15) is 0 Å². The minimum Gasteiger partial charge on any atom is -0.367 e. The Bertz CT molecular complexity index is 997. The molecule has 0 N–H and O–H groups in total. The molecule has 0 radical (unpaired) electrons. The Labute approximate surface area is 172 Å². The van der Waals surface area contributed by atoms with Crippen molar-refractivity contribution < 1.29 is 0 Å². The number of halogens is 2. The van der Waals surface area contributed by atoms with Crippen molar-refractivity contribution in [1.82, 2.24) is 9.97 Å². The Hall–Kier alpha value is -1.85. The van der Waals surface area contributed by atoms with Gasteiger partial charge in [0.15, 0.2) is 0 Å². The van der Waals surface area contributed by atoms with Crippen molar-refractivity contribution in [3.8, 4) is 0 Å². The van der Waals surface area contributed by atoms with E-state index in [2.05, 4.69) is 50.0 Å². The zero-order valence-electron chi connectivity index (χ0n) is 14.9. The van der Waals surface area contributed by atoms with E-state index in [-0.39, 0.29) is 0 Å². The number of anilines is 2. The molecule has 4 nitrogen and oxygen atoms in total. The Morgan fingerprint density at radius 1 is 0.926 bits per heavy atom. The minimum atomic E-state index is 0.543. The SMILES string of the molecule is Clc1ccccc1N1CCN(c2nc(C3CC3)nc3ccc(Br)cc23)CC1. The number of rotatable bonds is 3. The summed E-state index contributed by atoms with van der Waals surface area (Å²) in [4.78, 5) is 14.6. The van der Waals surface area contributed by atoms with Crippen molar-refractivity contribution >= 4 is 49.9 Å². The first-order valence-electron chi connectivity index (χ1n) is 9.41. The van der Waals surface area contributed by atoms with Crippen molar-refractivity contribution in [1.29, 1.82) is 0 Å². The first kappa shape index (κ1) is 17.3. The van der Waals surface area contributed by atoms with E-state index in [4.69, 9.17) is 21.6 Å². The largest absolute Gasteiger partial charge is 0.367 e. The molecule has 2 heterocycles. The van der Waals surface area contributed by atoms with Crippen LogP contribution in [0.1, 0.15) is 24.6 Å². The molecule has 2 aromatic carbocycles. The van der Waals surface area contributed by atoms with Crippen molar-refractivity contribution in [2.24, 2.45) is 0 Å². The molecule has 0 spiro atoms. The van der Waals surface area contributed by atoms with Gasteiger partial charge in [-0.3, -0.25) is 0 Å². The lowest BCUT2D eigenvalue weighted by atomic mass is 10.2. The summed E-state index contributed by atoms with van der Waals surface area (Å²) >= 11 is 9.99. The van der Waals surface area contributed by atoms with E-state index < -0.39 is 0 Å². The molecule has 2 aliphatic rings. The molecule has 5 rings (SSSR count). The number of hydrogen-bond acceptors (Lipinski definition) is 4. The van der Waals surface area contributed by atoms with E-state index in [1.165, 1.54) is 12.8 Å². The first-order chi connectivity index (χ1) is 13.2. The first-order valence-corrected chi connectivity index (χ1v) is 10.6. The van der Waals surface area contributed by atoms with Crippen LogP contribution in [0, 0.1) is 0 Å². The Kier molecular flexibility index (Phi) is 4.44. The van der Waals surface area contributed by atoms with E-state index in [9.17, 15) is 0 Å². The predicted octanol–water partition coefficient (Wildman–Crippen LogP) is 5.25. The fourth-order valence-corrected chi connectivity index (χ4v) is 4.35. The zero-order chi connectivity index (χ0) is 18.4. The highest BCUT2D eigenvalue weighted by Crippen LogP contribution is 2.40. The molecule has 1 aliphatic carbocycles. The second kappa shape index (κ2) is 6.95. The highest BCUT2D eigenvalue weighted by atomic mass is 79.9. The smallest absolute Gasteiger partial charge is 0.140 e. The minimum absolute atomic E-state index is 0.543. The van der Waals surface area contributed by atoms with E-state index in [1.54, 1.807) is 0 Å². The summed E-state index contributed by atoms with van der Waals surface area (Å²) in [6.07, 6.45) is 2.42. The number of piperazine rings is 1. The summed E-state index contributed by atoms with van der Waals surface area (Å²) in [6, 6.07) is 14.4. The summed E-state index contributed by atoms with van der Waals surface area (Å²) in [6.45, 7) is 3.71. The topological polar surface area (TPSA) is 32.3 Å². The van der Waals surface area contributed by atoms with Crippen LogP contribution in [0.15, 0.2) is 46.9 Å². The van der Waals surface area contributed by atoms with Gasteiger partial charge in [0.2, 0.25) is 0 Å². The normalized spacial score (nSPS) is 17.6. The second-order valence-corrected chi connectivity index (χ2v) is 8.59. The summed E-state index contributed by atoms with van der Waals surface area (Å²) in [5, 5.41) is 1.94. The van der Waals surface area contributed by atoms with Gasteiger partial charge in [-0.05, 0) is 43.2 Å². The molecule has 0 atom stereocenters. The Morgan fingerprint density at radius 2 is 1.67 bits per heavy atom. The third kappa shape index (κ3) is 3.39. The van der Waals surface area contributed by atoms with Crippen LogP contribution in [0.4, 0.5) is 11.5 Å². The van der Waals surface area contributed by atoms with Crippen LogP contribution in [0.3, 0.4) is 0 Å². The highest BCUT2D eigenvalue weighted by Gasteiger charge is 2.29. The Balaban J connectivity index is 1.46. The van der Waals surface area contributed by atoms with E-state index in [0.29, 0.717) is 5.92 Å². The van der Waals surface area contributed by atoms with Gasteiger partial charge < -0.3 is 9.80 Å². The van der Waals surface area contributed by atoms with Crippen molar-refractivity contribution in [3.05, 3.63) is 57.8 Å². The lowest BCUT2D eigenvalue weighted by molar-refractivity contribution is 0.647. The van der Waals surface area contributed by atoms with E-state index >= 15 is 0 Å². The van der Waals surface area contributed by atoms with Gasteiger partial charge in [0, 0.05) is 42.0 Å². The standard InChI is InChI=1S/C21H20BrClN4/c22-15-7-8-18-16(13-15)21(25-20(24-18)14-5-6-14)27-11-9-26(10-12-27)19-4-2-1-3-17(19)23/h1-4,7-8,13-14H,5-6,9-12H2. The average molecular weight is 444 g/mol. The lowest BCUT2D eigenvalue weighted by Gasteiger charge is -2.37. The Morgan fingerprint density at radius 3 is 2.41 bits per heavy atom. The quantitative estimate of drug-likeness (QED) is 0.553. The van der Waals surface area contributed by atoms with Crippen LogP contribution >= 0.6 is 27.5 Å². The molecule has 1 saturated heterocycles. The number of nitrogens with zero attached hydrogens (tertiary/aromatic N) is 4. The summed E-state index contributed by atoms with van der Waals surface area (Å²) in [7, 11) is 0. The summed E-state index contributed by atoms with van der Waals surface area (Å²) in [5.41, 5.74) is 2.16. The fourth-order valence-electron chi connectivity index (χ4n) is 3.73. The molecule has 0 amide bonds. The highest BCUT2D eigenvalue weighted by molar-refractivity contribution is 9.10. The number of aromatic nitrogens is 2. The number of para-hydroxylation sites is 1. The monoisotopic (exact) mass is 442 g/mol. The average Bonchev–Trinajstić information content (AvgIpc) is 3.53. The molecule has 27 heavy (non-hydrogen) atoms. The molecule has 0 unspecified atom stereocenters. The maximum atomic E-state index is 6.39. The van der Waals surface area contributed by atoms with E-state index in [1.807, 2.05) is 18.2 Å². The van der Waals surface area contributed by atoms with Gasteiger partial charge in [0.1, 0.15) is 11.6 Å². The van der Waals surface area contributed by atoms with Gasteiger partial charge in [0.25, 0.3) is 0 Å². The maximum Gasteiger partial charge on any atom is 0.140 e. The van der Waals surface area contributed by atoms with Crippen LogP contribution in [0.2, 0.25) is 5.02 Å². The van der Waals surface area contributed by atoms with Crippen LogP contribution in [-0.4, -0.2) is 36.1 Å². The van der Waals surface area contributed by atoms with Crippen LogP contribution in [0.5, 0.6) is 0 Å². The molecular formula is C21H20BrClN4. The second-order valence-electron chi connectivity index (χ2n) is 7.27. The lowest BCUT2D eigenvalue weighted by Crippen LogP contribution is -2.47.